The maximum Gasteiger partial charge on any atom is 0.324 e. The molecule has 0 saturated carbocycles. The average molecular weight is 409 g/mol. The average Bonchev–Trinajstić information content (AvgIpc) is 2.68. The highest BCUT2D eigenvalue weighted by molar-refractivity contribution is 6.00. The van der Waals surface area contributed by atoms with Crippen LogP contribution in [0.15, 0.2) is 12.2 Å². The second-order valence-corrected chi connectivity index (χ2v) is 6.70. The van der Waals surface area contributed by atoms with Crippen molar-refractivity contribution in [2.45, 2.75) is 79.1 Å². The molecule has 0 rings (SSSR count). The zero-order chi connectivity index (χ0) is 22.0. The normalized spacial score (nSPS) is 10.9. The molecule has 0 N–H and O–H groups in total. The summed E-state index contributed by atoms with van der Waals surface area (Å²) in [5.41, 5.74) is -1.52. The molecule has 0 unspecified atom stereocenters. The molecular weight excluding hydrogens is 372 g/mol. The predicted octanol–water partition coefficient (Wildman–Crippen LogP) is 4.36. The van der Waals surface area contributed by atoms with Gasteiger partial charge < -0.3 is 14.2 Å². The first kappa shape index (κ1) is 26.7. The lowest BCUT2D eigenvalue weighted by Gasteiger charge is -2.26. The fourth-order valence-corrected chi connectivity index (χ4v) is 2.64. The van der Waals surface area contributed by atoms with Crippen molar-refractivity contribution in [2.24, 2.45) is 5.41 Å². The van der Waals surface area contributed by atoms with Gasteiger partial charge in [0.15, 0.2) is 5.41 Å². The summed E-state index contributed by atoms with van der Waals surface area (Å²) in [5, 5.41) is 0. The van der Waals surface area contributed by atoms with Crippen molar-refractivity contribution in [3.8, 4) is 11.8 Å². The molecular formula is C23H36O6. The van der Waals surface area contributed by atoms with Crippen LogP contribution in [0.1, 0.15) is 79.1 Å². The highest BCUT2D eigenvalue weighted by Crippen LogP contribution is 2.31. The third-order valence-electron chi connectivity index (χ3n) is 4.27. The number of carbonyl (C=O) groups is 3. The van der Waals surface area contributed by atoms with E-state index in [-0.39, 0.29) is 32.7 Å². The van der Waals surface area contributed by atoms with Crippen molar-refractivity contribution in [2.75, 3.05) is 19.8 Å². The number of unbranched alkanes of at least 4 members (excludes halogenated alkanes) is 5. The topological polar surface area (TPSA) is 78.9 Å². The Hall–Kier alpha value is -2.29. The second-order valence-electron chi connectivity index (χ2n) is 6.70. The van der Waals surface area contributed by atoms with Crippen molar-refractivity contribution in [1.82, 2.24) is 0 Å². The minimum Gasteiger partial charge on any atom is -0.465 e. The van der Waals surface area contributed by atoms with Crippen LogP contribution in [0, 0.1) is 17.3 Å². The fraction of sp³-hybridized carbons (Fsp3) is 0.696. The first-order valence-electron chi connectivity index (χ1n) is 10.5. The predicted molar refractivity (Wildman–Crippen MR) is 112 cm³/mol. The molecule has 0 amide bonds. The highest BCUT2D eigenvalue weighted by atomic mass is 16.6. The van der Waals surface area contributed by atoms with Gasteiger partial charge in [-0.05, 0) is 26.7 Å². The maximum absolute atomic E-state index is 12.7. The van der Waals surface area contributed by atoms with E-state index >= 15 is 0 Å². The minimum atomic E-state index is -1.52. The second kappa shape index (κ2) is 16.6. The third-order valence-corrected chi connectivity index (χ3v) is 4.27. The summed E-state index contributed by atoms with van der Waals surface area (Å²) < 4.78 is 15.2. The van der Waals surface area contributed by atoms with E-state index in [9.17, 15) is 14.4 Å². The van der Waals surface area contributed by atoms with Gasteiger partial charge in [-0.15, -0.1) is 11.8 Å². The fourth-order valence-electron chi connectivity index (χ4n) is 2.64. The molecule has 0 aromatic carbocycles. The van der Waals surface area contributed by atoms with Gasteiger partial charge in [-0.1, -0.05) is 44.8 Å². The van der Waals surface area contributed by atoms with Gasteiger partial charge in [-0.3, -0.25) is 14.4 Å². The minimum absolute atomic E-state index is 0.0253. The number of hydrogen-bond acceptors (Lipinski definition) is 6. The van der Waals surface area contributed by atoms with Crippen molar-refractivity contribution >= 4 is 17.9 Å². The molecule has 0 saturated heterocycles. The molecule has 6 nitrogen and oxygen atoms in total. The molecule has 0 heterocycles. The van der Waals surface area contributed by atoms with Gasteiger partial charge in [0.2, 0.25) is 0 Å². The standard InChI is InChI=1S/C23H36O6/c1-5-8-9-10-11-12-13-14-17-23(21(25)27-6-2,22(26)28-7-3)18-15-16-19-29-20(4)24/h15-16H,5-12,17-19H2,1-4H3/b16-15-. The summed E-state index contributed by atoms with van der Waals surface area (Å²) in [6.07, 6.45) is 9.78. The van der Waals surface area contributed by atoms with Gasteiger partial charge in [0.25, 0.3) is 0 Å². The van der Waals surface area contributed by atoms with Gasteiger partial charge in [0.1, 0.15) is 6.61 Å². The summed E-state index contributed by atoms with van der Waals surface area (Å²) in [4.78, 5) is 36.2. The summed E-state index contributed by atoms with van der Waals surface area (Å²) in [5.74, 6) is 4.36. The van der Waals surface area contributed by atoms with E-state index in [0.29, 0.717) is 0 Å². The van der Waals surface area contributed by atoms with Crippen LogP contribution in [0.2, 0.25) is 0 Å². The summed E-state index contributed by atoms with van der Waals surface area (Å²) in [6, 6.07) is 0. The van der Waals surface area contributed by atoms with Crippen LogP contribution in [0.5, 0.6) is 0 Å². The summed E-state index contributed by atoms with van der Waals surface area (Å²) in [7, 11) is 0. The molecule has 0 radical (unpaired) electrons. The molecule has 164 valence electrons. The van der Waals surface area contributed by atoms with Crippen LogP contribution >= 0.6 is 0 Å². The largest absolute Gasteiger partial charge is 0.465 e. The number of carbonyl (C=O) groups excluding carboxylic acids is 3. The van der Waals surface area contributed by atoms with Crippen LogP contribution in [0.4, 0.5) is 0 Å². The van der Waals surface area contributed by atoms with E-state index in [1.165, 1.54) is 26.2 Å². The van der Waals surface area contributed by atoms with Gasteiger partial charge in [0, 0.05) is 19.8 Å². The molecule has 29 heavy (non-hydrogen) atoms. The molecule has 0 aromatic rings. The van der Waals surface area contributed by atoms with Crippen molar-refractivity contribution in [1.29, 1.82) is 0 Å². The number of hydrogen-bond donors (Lipinski definition) is 0. The number of ether oxygens (including phenoxy) is 3. The lowest BCUT2D eigenvalue weighted by Crippen LogP contribution is -2.41. The van der Waals surface area contributed by atoms with Crippen molar-refractivity contribution < 1.29 is 28.6 Å². The first-order chi connectivity index (χ1) is 13.9. The smallest absolute Gasteiger partial charge is 0.324 e. The van der Waals surface area contributed by atoms with E-state index in [1.807, 2.05) is 0 Å². The maximum atomic E-state index is 12.7. The Bertz CT molecular complexity index is 564. The Balaban J connectivity index is 5.22. The molecule has 0 spiro atoms. The molecule has 0 bridgehead atoms. The van der Waals surface area contributed by atoms with Gasteiger partial charge in [-0.25, -0.2) is 0 Å². The zero-order valence-electron chi connectivity index (χ0n) is 18.4. The summed E-state index contributed by atoms with van der Waals surface area (Å²) >= 11 is 0. The number of esters is 3. The van der Waals surface area contributed by atoms with Crippen LogP contribution in [-0.2, 0) is 28.6 Å². The Morgan fingerprint density at radius 2 is 1.45 bits per heavy atom. The Labute approximate surface area is 175 Å². The lowest BCUT2D eigenvalue weighted by atomic mass is 9.81. The Morgan fingerprint density at radius 1 is 0.828 bits per heavy atom. The van der Waals surface area contributed by atoms with E-state index in [4.69, 9.17) is 14.2 Å². The van der Waals surface area contributed by atoms with E-state index in [2.05, 4.69) is 18.8 Å². The molecule has 0 aromatic heterocycles. The lowest BCUT2D eigenvalue weighted by molar-refractivity contribution is -0.171. The van der Waals surface area contributed by atoms with Crippen LogP contribution < -0.4 is 0 Å². The van der Waals surface area contributed by atoms with Crippen LogP contribution in [0.25, 0.3) is 0 Å². The Kier molecular flexibility index (Phi) is 15.3. The van der Waals surface area contributed by atoms with Crippen LogP contribution in [-0.4, -0.2) is 37.7 Å². The summed E-state index contributed by atoms with van der Waals surface area (Å²) in [6.45, 7) is 7.24. The van der Waals surface area contributed by atoms with Gasteiger partial charge in [0.05, 0.1) is 13.2 Å². The molecule has 0 aliphatic carbocycles. The van der Waals surface area contributed by atoms with E-state index in [1.54, 1.807) is 26.0 Å². The van der Waals surface area contributed by atoms with E-state index in [0.717, 1.165) is 19.3 Å². The molecule has 0 fully saturated rings. The number of rotatable bonds is 14. The van der Waals surface area contributed by atoms with Gasteiger partial charge in [-0.2, -0.15) is 0 Å². The Morgan fingerprint density at radius 3 is 2.00 bits per heavy atom. The monoisotopic (exact) mass is 408 g/mol. The van der Waals surface area contributed by atoms with Crippen molar-refractivity contribution in [3.05, 3.63) is 12.2 Å². The first-order valence-corrected chi connectivity index (χ1v) is 10.5. The molecule has 0 aliphatic rings. The molecule has 6 heteroatoms. The third kappa shape index (κ3) is 11.3. The number of allylic oxidation sites excluding steroid dienone is 1. The zero-order valence-corrected chi connectivity index (χ0v) is 18.4. The highest BCUT2D eigenvalue weighted by Gasteiger charge is 2.47. The molecule has 0 aliphatic heterocycles. The van der Waals surface area contributed by atoms with E-state index < -0.39 is 23.3 Å². The quantitative estimate of drug-likeness (QED) is 0.106. The molecule has 0 atom stereocenters. The SMILES string of the molecule is CCCCCCCC#CCC(C/C=C\COC(C)=O)(C(=O)OCC)C(=O)OCC. The van der Waals surface area contributed by atoms with Gasteiger partial charge >= 0.3 is 17.9 Å². The van der Waals surface area contributed by atoms with Crippen LogP contribution in [0.3, 0.4) is 0 Å². The van der Waals surface area contributed by atoms with Crippen molar-refractivity contribution in [3.63, 3.8) is 0 Å².